The number of nitrogens with zero attached hydrogens (tertiary/aromatic N) is 2. The van der Waals surface area contributed by atoms with E-state index in [1.54, 1.807) is 0 Å². The van der Waals surface area contributed by atoms with E-state index in [0.717, 1.165) is 23.1 Å². The van der Waals surface area contributed by atoms with Crippen LogP contribution in [0.1, 0.15) is 69.3 Å². The maximum Gasteiger partial charge on any atom is 0.396 e. The maximum absolute atomic E-state index is 14.3. The summed E-state index contributed by atoms with van der Waals surface area (Å²) in [5.41, 5.74) is 9.24. The Hall–Kier alpha value is -5.14. The van der Waals surface area contributed by atoms with Crippen LogP contribution in [-0.4, -0.2) is 80.5 Å². The highest BCUT2D eigenvalue weighted by molar-refractivity contribution is 7.70. The number of aryl methyl sites for hydroxylation is 2. The SMILES string of the molecule is CCc1ccc(CN(C)C[C@H](CCC(N)=O)NC(=O)[C@@H]2Cc3cccc4c3N2C(=O)[C@@H](NC(=O)c2cc3cc(C(=O)P(=O)(O)O)ccc3[nH]2)CC4)cc1. The van der Waals surface area contributed by atoms with Gasteiger partial charge in [0.15, 0.2) is 0 Å². The normalized spacial score (nSPS) is 17.4. The van der Waals surface area contributed by atoms with Crippen LogP contribution in [0.4, 0.5) is 5.69 Å². The van der Waals surface area contributed by atoms with Gasteiger partial charge in [0.1, 0.15) is 17.8 Å². The zero-order valence-corrected chi connectivity index (χ0v) is 30.4. The van der Waals surface area contributed by atoms with Crippen molar-refractivity contribution in [3.8, 4) is 0 Å². The van der Waals surface area contributed by atoms with Gasteiger partial charge in [0.25, 0.3) is 11.4 Å². The molecule has 3 atom stereocenters. The minimum absolute atomic E-state index is 0.0742. The molecule has 53 heavy (non-hydrogen) atoms. The fourth-order valence-corrected chi connectivity index (χ4v) is 7.70. The third-order valence-corrected chi connectivity index (χ3v) is 10.7. The van der Waals surface area contributed by atoms with Gasteiger partial charge in [0, 0.05) is 48.4 Å². The summed E-state index contributed by atoms with van der Waals surface area (Å²) in [4.78, 5) is 90.9. The minimum Gasteiger partial charge on any atom is -0.370 e. The first-order chi connectivity index (χ1) is 25.2. The van der Waals surface area contributed by atoms with Crippen molar-refractivity contribution < 1.29 is 38.3 Å². The predicted octanol–water partition coefficient (Wildman–Crippen LogP) is 2.93. The number of aromatic nitrogens is 1. The largest absolute Gasteiger partial charge is 0.396 e. The number of carbonyl (C=O) groups excluding carboxylic acids is 5. The van der Waals surface area contributed by atoms with Gasteiger partial charge in [-0.25, -0.2) is 0 Å². The second-order valence-corrected chi connectivity index (χ2v) is 15.3. The monoisotopic (exact) mass is 742 g/mol. The number of rotatable bonds is 14. The molecule has 0 fully saturated rings. The van der Waals surface area contributed by atoms with Crippen LogP contribution in [0.2, 0.25) is 0 Å². The van der Waals surface area contributed by atoms with Crippen molar-refractivity contribution in [2.24, 2.45) is 5.73 Å². The van der Waals surface area contributed by atoms with Gasteiger partial charge in [0.05, 0.1) is 5.69 Å². The molecule has 0 saturated carbocycles. The lowest BCUT2D eigenvalue weighted by Gasteiger charge is -2.30. The quantitative estimate of drug-likeness (QED) is 0.105. The number of hydrogen-bond acceptors (Lipinski definition) is 7. The molecule has 7 N–H and O–H groups in total. The molecular weight excluding hydrogens is 699 g/mol. The Balaban J connectivity index is 1.19. The van der Waals surface area contributed by atoms with E-state index in [4.69, 9.17) is 5.73 Å². The van der Waals surface area contributed by atoms with Gasteiger partial charge in [-0.1, -0.05) is 49.4 Å². The Kier molecular flexibility index (Phi) is 11.0. The molecule has 4 aromatic rings. The van der Waals surface area contributed by atoms with Crippen molar-refractivity contribution in [3.63, 3.8) is 0 Å². The number of benzene rings is 3. The van der Waals surface area contributed by atoms with E-state index < -0.39 is 49.0 Å². The molecule has 0 saturated heterocycles. The summed E-state index contributed by atoms with van der Waals surface area (Å²) in [7, 11) is -3.06. The van der Waals surface area contributed by atoms with Gasteiger partial charge < -0.3 is 36.0 Å². The van der Waals surface area contributed by atoms with Crippen molar-refractivity contribution >= 4 is 53.3 Å². The molecule has 15 heteroatoms. The molecule has 3 heterocycles. The van der Waals surface area contributed by atoms with Crippen molar-refractivity contribution in [3.05, 3.63) is 100 Å². The van der Waals surface area contributed by atoms with E-state index in [9.17, 15) is 38.3 Å². The summed E-state index contributed by atoms with van der Waals surface area (Å²) < 4.78 is 11.5. The number of primary amides is 1. The third kappa shape index (κ3) is 8.42. The summed E-state index contributed by atoms with van der Waals surface area (Å²) >= 11 is 0. The molecule has 6 rings (SSSR count). The lowest BCUT2D eigenvalue weighted by Crippen LogP contribution is -2.56. The van der Waals surface area contributed by atoms with E-state index in [2.05, 4.69) is 51.7 Å². The van der Waals surface area contributed by atoms with E-state index in [-0.39, 0.29) is 36.4 Å². The molecule has 0 radical (unpaired) electrons. The molecule has 1 aromatic heterocycles. The second kappa shape index (κ2) is 15.5. The predicted molar refractivity (Wildman–Crippen MR) is 198 cm³/mol. The maximum atomic E-state index is 14.3. The highest BCUT2D eigenvalue weighted by atomic mass is 31.2. The number of H-pyrrole nitrogens is 1. The summed E-state index contributed by atoms with van der Waals surface area (Å²) in [6.45, 7) is 3.16. The molecule has 2 aliphatic rings. The number of para-hydroxylation sites is 1. The number of amides is 4. The van der Waals surface area contributed by atoms with Crippen LogP contribution in [0.25, 0.3) is 10.9 Å². The first-order valence-electron chi connectivity index (χ1n) is 17.5. The Labute approximate surface area is 306 Å². The van der Waals surface area contributed by atoms with Gasteiger partial charge >= 0.3 is 7.60 Å². The van der Waals surface area contributed by atoms with Crippen LogP contribution in [-0.2, 0) is 44.8 Å². The lowest BCUT2D eigenvalue weighted by atomic mass is 10.0. The molecule has 0 aliphatic carbocycles. The lowest BCUT2D eigenvalue weighted by molar-refractivity contribution is -0.127. The minimum atomic E-state index is -5.00. The second-order valence-electron chi connectivity index (χ2n) is 13.8. The fraction of sp³-hybridized carbons (Fsp3) is 0.342. The highest BCUT2D eigenvalue weighted by Crippen LogP contribution is 2.40. The van der Waals surface area contributed by atoms with Gasteiger partial charge in [-0.3, -0.25) is 33.4 Å². The van der Waals surface area contributed by atoms with Crippen LogP contribution in [0.15, 0.2) is 66.7 Å². The standard InChI is InChI=1S/C38H43N6O8P/c1-3-22-7-9-23(10-8-22)20-43(2)21-28(13-16-33(39)45)40-36(47)32-19-25-6-4-5-24-11-15-30(37(48)44(32)34(24)25)42-35(46)31-18-27-17-26(12-14-29(27)41-31)38(49)53(50,51)52/h4-10,12,14,17-18,28,30,32,41H,3,11,13,15-16,19-21H2,1-2H3,(H2,39,45)(H,40,47)(H,42,46)(H2,50,51,52)/t28-,30-,32-/m0/s1. The topological polar surface area (TPSA) is 215 Å². The van der Waals surface area contributed by atoms with Crippen molar-refractivity contribution in [2.45, 2.75) is 70.1 Å². The zero-order chi connectivity index (χ0) is 38.0. The Morgan fingerprint density at radius 1 is 1.04 bits per heavy atom. The Morgan fingerprint density at radius 3 is 2.45 bits per heavy atom. The molecular formula is C38H43N6O8P. The molecule has 0 spiro atoms. The number of anilines is 1. The molecule has 2 aliphatic heterocycles. The Bertz CT molecular complexity index is 2130. The Morgan fingerprint density at radius 2 is 1.75 bits per heavy atom. The van der Waals surface area contributed by atoms with Gasteiger partial charge in [-0.2, -0.15) is 0 Å². The van der Waals surface area contributed by atoms with E-state index in [0.29, 0.717) is 42.5 Å². The van der Waals surface area contributed by atoms with Crippen LogP contribution in [0.3, 0.4) is 0 Å². The molecule has 4 amide bonds. The number of fused-ring (bicyclic) bond motifs is 1. The van der Waals surface area contributed by atoms with E-state index in [1.807, 2.05) is 25.2 Å². The van der Waals surface area contributed by atoms with Crippen LogP contribution >= 0.6 is 7.60 Å². The molecule has 0 unspecified atom stereocenters. The number of carbonyl (C=O) groups is 5. The first kappa shape index (κ1) is 37.6. The molecule has 278 valence electrons. The third-order valence-electron chi connectivity index (χ3n) is 9.89. The summed E-state index contributed by atoms with van der Waals surface area (Å²) in [5, 5.41) is 6.30. The van der Waals surface area contributed by atoms with Crippen LogP contribution < -0.4 is 21.3 Å². The molecule has 3 aromatic carbocycles. The fourth-order valence-electron chi connectivity index (χ4n) is 7.22. The number of nitrogens with two attached hydrogens (primary N) is 1. The zero-order valence-electron chi connectivity index (χ0n) is 29.5. The van der Waals surface area contributed by atoms with Crippen molar-refractivity contribution in [2.75, 3.05) is 18.5 Å². The van der Waals surface area contributed by atoms with Gasteiger partial charge in [-0.15, -0.1) is 0 Å². The van der Waals surface area contributed by atoms with Gasteiger partial charge in [-0.05, 0) is 79.3 Å². The van der Waals surface area contributed by atoms with Gasteiger partial charge in [0.2, 0.25) is 17.7 Å². The molecule has 14 nitrogen and oxygen atoms in total. The number of aromatic amines is 1. The highest BCUT2D eigenvalue weighted by Gasteiger charge is 2.44. The number of nitrogens with one attached hydrogen (secondary N) is 3. The van der Waals surface area contributed by atoms with Crippen molar-refractivity contribution in [1.82, 2.24) is 20.5 Å². The average Bonchev–Trinajstić information content (AvgIpc) is 3.70. The molecule has 0 bridgehead atoms. The number of likely N-dealkylation sites (N-methyl/N-ethyl adjacent to an activating group) is 1. The van der Waals surface area contributed by atoms with Crippen molar-refractivity contribution in [1.29, 1.82) is 0 Å². The average molecular weight is 743 g/mol. The summed E-state index contributed by atoms with van der Waals surface area (Å²) in [5.74, 6) is -1.90. The summed E-state index contributed by atoms with van der Waals surface area (Å²) in [6.07, 6.45) is 2.36. The smallest absolute Gasteiger partial charge is 0.370 e. The van der Waals surface area contributed by atoms with E-state index >= 15 is 0 Å². The summed E-state index contributed by atoms with van der Waals surface area (Å²) in [6, 6.07) is 17.1. The van der Waals surface area contributed by atoms with Crippen LogP contribution in [0.5, 0.6) is 0 Å². The van der Waals surface area contributed by atoms with Crippen LogP contribution in [0, 0.1) is 0 Å². The van der Waals surface area contributed by atoms with E-state index in [1.165, 1.54) is 34.7 Å². The first-order valence-corrected chi connectivity index (χ1v) is 19.2. The number of hydrogen-bond donors (Lipinski definition) is 6.